The van der Waals surface area contributed by atoms with Crippen LogP contribution >= 0.6 is 0 Å². The predicted octanol–water partition coefficient (Wildman–Crippen LogP) is 7.23. The monoisotopic (exact) mass is 569 g/mol. The van der Waals surface area contributed by atoms with Gasteiger partial charge in [0, 0.05) is 30.9 Å². The van der Waals surface area contributed by atoms with Gasteiger partial charge < -0.3 is 19.9 Å². The Labute approximate surface area is 248 Å². The maximum absolute atomic E-state index is 13.6. The van der Waals surface area contributed by atoms with Crippen LogP contribution in [-0.2, 0) is 0 Å². The van der Waals surface area contributed by atoms with Crippen molar-refractivity contribution < 1.29 is 9.53 Å². The smallest absolute Gasteiger partial charge is 0.326 e. The predicted molar refractivity (Wildman–Crippen MR) is 173 cm³/mol. The number of ether oxygens (including phenoxy) is 1. The van der Waals surface area contributed by atoms with Crippen molar-refractivity contribution >= 4 is 28.4 Å². The molecule has 2 heterocycles. The van der Waals surface area contributed by atoms with E-state index in [1.165, 1.54) is 4.90 Å². The zero-order chi connectivity index (χ0) is 30.4. The molecule has 8 heteroatoms. The first-order valence-electron chi connectivity index (χ1n) is 14.8. The van der Waals surface area contributed by atoms with Gasteiger partial charge in [-0.15, -0.1) is 0 Å². The molecule has 0 aliphatic heterocycles. The van der Waals surface area contributed by atoms with E-state index in [1.807, 2.05) is 18.2 Å². The van der Waals surface area contributed by atoms with E-state index in [-0.39, 0.29) is 29.1 Å². The lowest BCUT2D eigenvalue weighted by atomic mass is 9.88. The van der Waals surface area contributed by atoms with Crippen molar-refractivity contribution in [3.8, 4) is 16.9 Å². The summed E-state index contributed by atoms with van der Waals surface area (Å²) in [6, 6.07) is 17.4. The molecular weight excluding hydrogens is 526 g/mol. The SMILES string of the molecule is CCN(CC)CCOc1cccc(-c2cc(C(C)C)c(NC(=O)N(C)c3cc4cccnc4[nH]c3=O)c(C(C)C)c2)c1. The van der Waals surface area contributed by atoms with Crippen molar-refractivity contribution in [2.24, 2.45) is 0 Å². The van der Waals surface area contributed by atoms with Crippen LogP contribution in [0.15, 0.2) is 65.6 Å². The lowest BCUT2D eigenvalue weighted by Gasteiger charge is -2.25. The van der Waals surface area contributed by atoms with Gasteiger partial charge in [-0.05, 0) is 89.6 Å². The van der Waals surface area contributed by atoms with Crippen molar-refractivity contribution in [1.82, 2.24) is 14.9 Å². The number of anilines is 2. The minimum atomic E-state index is -0.385. The zero-order valence-corrected chi connectivity index (χ0v) is 25.8. The Balaban J connectivity index is 1.65. The van der Waals surface area contributed by atoms with E-state index >= 15 is 0 Å². The number of pyridine rings is 2. The van der Waals surface area contributed by atoms with Crippen molar-refractivity contribution in [2.45, 2.75) is 53.4 Å². The number of carbonyl (C=O) groups excluding carboxylic acids is 1. The zero-order valence-electron chi connectivity index (χ0n) is 25.8. The number of carbonyl (C=O) groups is 1. The summed E-state index contributed by atoms with van der Waals surface area (Å²) in [6.45, 7) is 16.3. The number of hydrogen-bond acceptors (Lipinski definition) is 5. The van der Waals surface area contributed by atoms with E-state index < -0.39 is 0 Å². The summed E-state index contributed by atoms with van der Waals surface area (Å²) >= 11 is 0. The van der Waals surface area contributed by atoms with E-state index in [1.54, 1.807) is 25.4 Å². The number of amides is 2. The first-order chi connectivity index (χ1) is 20.1. The molecule has 4 aromatic rings. The van der Waals surface area contributed by atoms with Gasteiger partial charge in [0.2, 0.25) is 0 Å². The van der Waals surface area contributed by atoms with Gasteiger partial charge in [0.15, 0.2) is 0 Å². The second-order valence-electron chi connectivity index (χ2n) is 11.2. The highest BCUT2D eigenvalue weighted by molar-refractivity contribution is 6.03. The summed E-state index contributed by atoms with van der Waals surface area (Å²) in [6.07, 6.45) is 1.62. The molecular formula is C34H43N5O3. The number of hydrogen-bond donors (Lipinski definition) is 2. The van der Waals surface area contributed by atoms with Gasteiger partial charge in [-0.25, -0.2) is 9.78 Å². The Kier molecular flexibility index (Phi) is 10.0. The standard InChI is InChI=1S/C34H43N5O3/c1-8-39(9-2)16-17-42-27-14-10-12-24(18-27)26-19-28(22(3)4)31(29(20-26)23(5)6)36-34(41)38(7)30-21-25-13-11-15-35-32(25)37-33(30)40/h10-15,18-23H,8-9,16-17H2,1-7H3,(H,36,41)(H,35,37,40). The third-order valence-corrected chi connectivity index (χ3v) is 7.68. The molecule has 0 saturated heterocycles. The van der Waals surface area contributed by atoms with E-state index in [0.29, 0.717) is 12.3 Å². The number of rotatable bonds is 11. The van der Waals surface area contributed by atoms with Gasteiger partial charge in [-0.2, -0.15) is 0 Å². The first kappa shape index (κ1) is 30.8. The molecule has 8 nitrogen and oxygen atoms in total. The molecule has 2 aromatic carbocycles. The van der Waals surface area contributed by atoms with Crippen molar-refractivity contribution in [1.29, 1.82) is 0 Å². The number of aromatic amines is 1. The Morgan fingerprint density at radius 2 is 1.64 bits per heavy atom. The van der Waals surface area contributed by atoms with Gasteiger partial charge in [0.1, 0.15) is 23.7 Å². The van der Waals surface area contributed by atoms with E-state index in [2.05, 4.69) is 86.0 Å². The van der Waals surface area contributed by atoms with Crippen LogP contribution in [0.1, 0.15) is 64.5 Å². The Hall–Kier alpha value is -4.17. The fourth-order valence-corrected chi connectivity index (χ4v) is 5.08. The van der Waals surface area contributed by atoms with Crippen LogP contribution in [0.3, 0.4) is 0 Å². The minimum Gasteiger partial charge on any atom is -0.492 e. The van der Waals surface area contributed by atoms with E-state index in [4.69, 9.17) is 4.74 Å². The molecule has 0 aliphatic rings. The van der Waals surface area contributed by atoms with Crippen LogP contribution in [0.2, 0.25) is 0 Å². The summed E-state index contributed by atoms with van der Waals surface area (Å²) in [5.74, 6) is 1.13. The number of nitrogens with one attached hydrogen (secondary N) is 2. The van der Waals surface area contributed by atoms with Crippen LogP contribution < -0.4 is 20.5 Å². The number of nitrogens with zero attached hydrogens (tertiary/aromatic N) is 3. The van der Waals surface area contributed by atoms with Crippen molar-refractivity contribution in [3.63, 3.8) is 0 Å². The number of fused-ring (bicyclic) bond motifs is 1. The third-order valence-electron chi connectivity index (χ3n) is 7.68. The summed E-state index contributed by atoms with van der Waals surface area (Å²) in [5, 5.41) is 3.90. The second kappa shape index (κ2) is 13.7. The van der Waals surface area contributed by atoms with E-state index in [0.717, 1.165) is 58.7 Å². The Bertz CT molecular complexity index is 1560. The number of likely N-dealkylation sites (N-methyl/N-ethyl adjacent to an activating group) is 1. The average molecular weight is 570 g/mol. The van der Waals surface area contributed by atoms with Crippen LogP contribution in [0.4, 0.5) is 16.2 Å². The van der Waals surface area contributed by atoms with Gasteiger partial charge in [-0.1, -0.05) is 53.7 Å². The number of urea groups is 1. The second-order valence-corrected chi connectivity index (χ2v) is 11.2. The van der Waals surface area contributed by atoms with Gasteiger partial charge >= 0.3 is 6.03 Å². The van der Waals surface area contributed by atoms with Crippen molar-refractivity contribution in [3.05, 3.63) is 82.3 Å². The summed E-state index contributed by atoms with van der Waals surface area (Å²) in [4.78, 5) is 37.0. The molecule has 42 heavy (non-hydrogen) atoms. The molecule has 0 radical (unpaired) electrons. The summed E-state index contributed by atoms with van der Waals surface area (Å²) < 4.78 is 6.10. The molecule has 222 valence electrons. The molecule has 0 aliphatic carbocycles. The van der Waals surface area contributed by atoms with Gasteiger partial charge in [0.25, 0.3) is 5.56 Å². The average Bonchev–Trinajstić information content (AvgIpc) is 2.98. The molecule has 4 rings (SSSR count). The molecule has 2 N–H and O–H groups in total. The number of H-pyrrole nitrogens is 1. The third kappa shape index (κ3) is 6.99. The lowest BCUT2D eigenvalue weighted by Crippen LogP contribution is -2.35. The van der Waals surface area contributed by atoms with Gasteiger partial charge in [-0.3, -0.25) is 9.69 Å². The fraction of sp³-hybridized carbons (Fsp3) is 0.382. The van der Waals surface area contributed by atoms with Crippen LogP contribution in [0.5, 0.6) is 5.75 Å². The molecule has 0 atom stereocenters. The van der Waals surface area contributed by atoms with Crippen LogP contribution in [-0.4, -0.2) is 54.2 Å². The first-order valence-corrected chi connectivity index (χ1v) is 14.8. The topological polar surface area (TPSA) is 90.6 Å². The van der Waals surface area contributed by atoms with Gasteiger partial charge in [0.05, 0.1) is 0 Å². The molecule has 2 aromatic heterocycles. The maximum Gasteiger partial charge on any atom is 0.326 e. The van der Waals surface area contributed by atoms with Crippen LogP contribution in [0, 0.1) is 0 Å². The molecule has 0 bridgehead atoms. The maximum atomic E-state index is 13.6. The highest BCUT2D eigenvalue weighted by Crippen LogP contribution is 2.38. The fourth-order valence-electron chi connectivity index (χ4n) is 5.08. The highest BCUT2D eigenvalue weighted by atomic mass is 16.5. The molecule has 0 saturated carbocycles. The summed E-state index contributed by atoms with van der Waals surface area (Å²) in [7, 11) is 1.60. The van der Waals surface area contributed by atoms with Crippen LogP contribution in [0.25, 0.3) is 22.2 Å². The molecule has 0 spiro atoms. The number of aromatic nitrogens is 2. The number of benzene rings is 2. The van der Waals surface area contributed by atoms with E-state index in [9.17, 15) is 9.59 Å². The quantitative estimate of drug-likeness (QED) is 0.199. The normalized spacial score (nSPS) is 11.5. The van der Waals surface area contributed by atoms with Crippen molar-refractivity contribution in [2.75, 3.05) is 43.5 Å². The molecule has 0 unspecified atom stereocenters. The molecule has 0 fully saturated rings. The Morgan fingerprint density at radius 1 is 0.952 bits per heavy atom. The molecule has 2 amide bonds. The lowest BCUT2D eigenvalue weighted by molar-refractivity contribution is 0.223. The minimum absolute atomic E-state index is 0.145. The largest absolute Gasteiger partial charge is 0.492 e. The highest BCUT2D eigenvalue weighted by Gasteiger charge is 2.22. The summed E-state index contributed by atoms with van der Waals surface area (Å²) in [5.41, 5.74) is 5.34. The Morgan fingerprint density at radius 3 is 2.29 bits per heavy atom.